The second-order valence-electron chi connectivity index (χ2n) is 6.94. The fraction of sp³-hybridized carbons (Fsp3) is 0.400. The molecule has 1 aliphatic heterocycles. The lowest BCUT2D eigenvalue weighted by Crippen LogP contribution is -2.48. The summed E-state index contributed by atoms with van der Waals surface area (Å²) in [6.45, 7) is 4.79. The van der Waals surface area contributed by atoms with Crippen LogP contribution in [0, 0.1) is 13.8 Å². The summed E-state index contributed by atoms with van der Waals surface area (Å²) in [7, 11) is 0. The van der Waals surface area contributed by atoms with Crippen molar-refractivity contribution < 1.29 is 9.53 Å². The van der Waals surface area contributed by atoms with Gasteiger partial charge < -0.3 is 15.0 Å². The minimum atomic E-state index is -0.800. The molecule has 0 bridgehead atoms. The summed E-state index contributed by atoms with van der Waals surface area (Å²) in [4.78, 5) is 28.3. The molecule has 7 heteroatoms. The smallest absolute Gasteiger partial charge is 0.253 e. The summed E-state index contributed by atoms with van der Waals surface area (Å²) < 4.78 is 5.47. The van der Waals surface area contributed by atoms with Crippen molar-refractivity contribution in [1.82, 2.24) is 10.3 Å². The van der Waals surface area contributed by atoms with E-state index in [2.05, 4.69) is 10.3 Å². The number of aromatic amines is 1. The number of hydrogen-bond acceptors (Lipinski definition) is 3. The number of halogens is 2. The maximum Gasteiger partial charge on any atom is 0.253 e. The third-order valence-corrected chi connectivity index (χ3v) is 5.70. The van der Waals surface area contributed by atoms with Crippen molar-refractivity contribution in [2.24, 2.45) is 0 Å². The molecule has 1 fully saturated rings. The van der Waals surface area contributed by atoms with Crippen molar-refractivity contribution in [2.75, 3.05) is 13.2 Å². The van der Waals surface area contributed by atoms with Crippen LogP contribution in [0.15, 0.2) is 29.1 Å². The van der Waals surface area contributed by atoms with E-state index >= 15 is 0 Å². The highest BCUT2D eigenvalue weighted by Gasteiger charge is 2.43. The van der Waals surface area contributed by atoms with Crippen LogP contribution in [0.5, 0.6) is 0 Å². The summed E-state index contributed by atoms with van der Waals surface area (Å²) in [6.07, 6.45) is 1.03. The number of amides is 1. The van der Waals surface area contributed by atoms with Crippen LogP contribution in [0.1, 0.15) is 35.2 Å². The molecule has 1 aliphatic rings. The maximum atomic E-state index is 13.2. The Morgan fingerprint density at radius 2 is 1.93 bits per heavy atom. The maximum absolute atomic E-state index is 13.2. The number of carbonyl (C=O) groups is 1. The largest absolute Gasteiger partial charge is 0.381 e. The third kappa shape index (κ3) is 4.05. The van der Waals surface area contributed by atoms with Gasteiger partial charge in [0.2, 0.25) is 5.91 Å². The Bertz CT molecular complexity index is 918. The quantitative estimate of drug-likeness (QED) is 0.810. The Labute approximate surface area is 168 Å². The summed E-state index contributed by atoms with van der Waals surface area (Å²) >= 11 is 12.4. The zero-order valence-corrected chi connectivity index (χ0v) is 16.8. The highest BCUT2D eigenvalue weighted by Crippen LogP contribution is 2.40. The van der Waals surface area contributed by atoms with Crippen LogP contribution in [0.4, 0.5) is 0 Å². The number of aromatic nitrogens is 1. The number of aryl methyl sites for hydroxylation is 2. The predicted octanol–water partition coefficient (Wildman–Crippen LogP) is 3.66. The number of pyridine rings is 1. The van der Waals surface area contributed by atoms with E-state index in [0.29, 0.717) is 41.7 Å². The molecule has 1 aromatic carbocycles. The molecule has 0 spiro atoms. The van der Waals surface area contributed by atoms with E-state index in [1.54, 1.807) is 18.2 Å². The first-order valence-electron chi connectivity index (χ1n) is 8.84. The number of benzene rings is 1. The Hall–Kier alpha value is -1.82. The molecule has 27 heavy (non-hydrogen) atoms. The van der Waals surface area contributed by atoms with Gasteiger partial charge in [0, 0.05) is 41.1 Å². The first kappa shape index (κ1) is 19.9. The number of H-pyrrole nitrogens is 1. The normalized spacial score (nSPS) is 16.1. The number of ether oxygens (including phenoxy) is 1. The van der Waals surface area contributed by atoms with Gasteiger partial charge in [-0.1, -0.05) is 29.3 Å². The summed E-state index contributed by atoms with van der Waals surface area (Å²) in [5.74, 6) is -0.158. The lowest BCUT2D eigenvalue weighted by atomic mass is 9.73. The molecule has 2 N–H and O–H groups in total. The summed E-state index contributed by atoms with van der Waals surface area (Å²) in [5.41, 5.74) is 1.95. The molecule has 2 heterocycles. The Kier molecular flexibility index (Phi) is 5.94. The van der Waals surface area contributed by atoms with Crippen molar-refractivity contribution in [1.29, 1.82) is 0 Å². The molecular formula is C20H22Cl2N2O3. The molecule has 0 saturated carbocycles. The molecule has 0 unspecified atom stereocenters. The number of rotatable bonds is 4. The average molecular weight is 409 g/mol. The lowest BCUT2D eigenvalue weighted by molar-refractivity contribution is -0.130. The van der Waals surface area contributed by atoms with E-state index in [1.165, 1.54) is 0 Å². The molecular weight excluding hydrogens is 387 g/mol. The van der Waals surface area contributed by atoms with Crippen LogP contribution in [-0.2, 0) is 21.5 Å². The van der Waals surface area contributed by atoms with Gasteiger partial charge in [0.05, 0.1) is 5.41 Å². The average Bonchev–Trinajstić information content (AvgIpc) is 2.61. The van der Waals surface area contributed by atoms with Crippen molar-refractivity contribution in [3.05, 3.63) is 67.0 Å². The third-order valence-electron chi connectivity index (χ3n) is 5.15. The zero-order valence-electron chi connectivity index (χ0n) is 15.3. The van der Waals surface area contributed by atoms with E-state index in [9.17, 15) is 9.59 Å². The first-order chi connectivity index (χ1) is 12.8. The number of carbonyl (C=O) groups excluding carboxylic acids is 1. The van der Waals surface area contributed by atoms with Crippen LogP contribution in [0.3, 0.4) is 0 Å². The molecule has 2 aromatic rings. The van der Waals surface area contributed by atoms with Crippen molar-refractivity contribution in [2.45, 2.75) is 38.6 Å². The van der Waals surface area contributed by atoms with Crippen LogP contribution in [0.25, 0.3) is 0 Å². The van der Waals surface area contributed by atoms with E-state index < -0.39 is 5.41 Å². The van der Waals surface area contributed by atoms with Crippen LogP contribution < -0.4 is 10.9 Å². The van der Waals surface area contributed by atoms with Gasteiger partial charge >= 0.3 is 0 Å². The van der Waals surface area contributed by atoms with Gasteiger partial charge in [-0.3, -0.25) is 9.59 Å². The lowest BCUT2D eigenvalue weighted by Gasteiger charge is -2.37. The van der Waals surface area contributed by atoms with Crippen molar-refractivity contribution >= 4 is 29.1 Å². The minimum absolute atomic E-state index is 0.158. The fourth-order valence-corrected chi connectivity index (χ4v) is 4.24. The van der Waals surface area contributed by atoms with Gasteiger partial charge in [0.25, 0.3) is 5.56 Å². The van der Waals surface area contributed by atoms with E-state index in [1.807, 2.05) is 19.9 Å². The second-order valence-corrected chi connectivity index (χ2v) is 7.79. The fourth-order valence-electron chi connectivity index (χ4n) is 3.66. The van der Waals surface area contributed by atoms with E-state index in [-0.39, 0.29) is 18.0 Å². The van der Waals surface area contributed by atoms with Crippen molar-refractivity contribution in [3.8, 4) is 0 Å². The van der Waals surface area contributed by atoms with Gasteiger partial charge in [-0.05, 0) is 56.0 Å². The van der Waals surface area contributed by atoms with Crippen molar-refractivity contribution in [3.63, 3.8) is 0 Å². The summed E-state index contributed by atoms with van der Waals surface area (Å²) in [6, 6.07) is 7.09. The van der Waals surface area contributed by atoms with Gasteiger partial charge in [-0.25, -0.2) is 0 Å². The monoisotopic (exact) mass is 408 g/mol. The molecule has 1 amide bonds. The molecule has 1 aromatic heterocycles. The van der Waals surface area contributed by atoms with E-state index in [0.717, 1.165) is 16.8 Å². The molecule has 0 atom stereocenters. The van der Waals surface area contributed by atoms with Gasteiger partial charge in [0.15, 0.2) is 0 Å². The van der Waals surface area contributed by atoms with Gasteiger partial charge in [-0.2, -0.15) is 0 Å². The SMILES string of the molecule is Cc1cc(C)c(CNC(=O)C2(c3ccc(Cl)cc3Cl)CCOCC2)c(=O)[nH]1. The van der Waals surface area contributed by atoms with Gasteiger partial charge in [0.1, 0.15) is 0 Å². The molecule has 3 rings (SSSR count). The molecule has 144 valence electrons. The predicted molar refractivity (Wildman–Crippen MR) is 107 cm³/mol. The Morgan fingerprint density at radius 3 is 2.56 bits per heavy atom. The number of hydrogen-bond donors (Lipinski definition) is 2. The molecule has 0 radical (unpaired) electrons. The van der Waals surface area contributed by atoms with Crippen LogP contribution >= 0.6 is 23.2 Å². The van der Waals surface area contributed by atoms with E-state index in [4.69, 9.17) is 27.9 Å². The minimum Gasteiger partial charge on any atom is -0.381 e. The standard InChI is InChI=1S/C20H22Cl2N2O3/c1-12-9-13(2)24-18(25)15(12)11-23-19(26)20(5-7-27-8-6-20)16-4-3-14(21)10-17(16)22/h3-4,9-10H,5-8,11H2,1-2H3,(H,23,26)(H,24,25). The number of nitrogens with one attached hydrogen (secondary N) is 2. The highest BCUT2D eigenvalue weighted by atomic mass is 35.5. The molecule has 1 saturated heterocycles. The van der Waals surface area contributed by atoms with Gasteiger partial charge in [-0.15, -0.1) is 0 Å². The first-order valence-corrected chi connectivity index (χ1v) is 9.60. The Morgan fingerprint density at radius 1 is 1.22 bits per heavy atom. The zero-order chi connectivity index (χ0) is 19.6. The molecule has 5 nitrogen and oxygen atoms in total. The topological polar surface area (TPSA) is 71.2 Å². The second kappa shape index (κ2) is 8.05. The summed E-state index contributed by atoms with van der Waals surface area (Å²) in [5, 5.41) is 3.93. The van der Waals surface area contributed by atoms with Crippen LogP contribution in [-0.4, -0.2) is 24.1 Å². The highest BCUT2D eigenvalue weighted by molar-refractivity contribution is 6.35. The Balaban J connectivity index is 1.90. The molecule has 0 aliphatic carbocycles. The van der Waals surface area contributed by atoms with Crippen LogP contribution in [0.2, 0.25) is 10.0 Å².